The molecule has 0 aliphatic heterocycles. The third-order valence-corrected chi connectivity index (χ3v) is 4.30. The molecule has 3 aromatic rings. The molecule has 0 spiro atoms. The van der Waals surface area contributed by atoms with Crippen molar-refractivity contribution < 1.29 is 4.92 Å². The van der Waals surface area contributed by atoms with Crippen LogP contribution in [0.15, 0.2) is 28.5 Å². The van der Waals surface area contributed by atoms with Gasteiger partial charge in [-0.25, -0.2) is 9.97 Å². The first-order valence-corrected chi connectivity index (χ1v) is 7.63. The fraction of sp³-hybridized carbons (Fsp3) is 0.214. The Morgan fingerprint density at radius 2 is 2.22 bits per heavy atom. The van der Waals surface area contributed by atoms with E-state index < -0.39 is 4.92 Å². The van der Waals surface area contributed by atoms with Gasteiger partial charge in [0, 0.05) is 18.8 Å². The van der Waals surface area contributed by atoms with Crippen LogP contribution in [0.3, 0.4) is 0 Å². The molecule has 0 aromatic carbocycles. The van der Waals surface area contributed by atoms with Gasteiger partial charge >= 0.3 is 5.69 Å². The Labute approximate surface area is 134 Å². The van der Waals surface area contributed by atoms with Gasteiger partial charge in [0.25, 0.3) is 5.56 Å². The molecule has 0 unspecified atom stereocenters. The lowest BCUT2D eigenvalue weighted by Crippen LogP contribution is -2.23. The zero-order valence-corrected chi connectivity index (χ0v) is 13.3. The van der Waals surface area contributed by atoms with Gasteiger partial charge in [-0.05, 0) is 24.4 Å². The molecule has 0 bridgehead atoms. The number of anilines is 1. The maximum Gasteiger partial charge on any atom is 0.314 e. The van der Waals surface area contributed by atoms with Crippen molar-refractivity contribution in [3.63, 3.8) is 0 Å². The van der Waals surface area contributed by atoms with Gasteiger partial charge in [0.05, 0.1) is 17.0 Å². The molecule has 8 nitrogen and oxygen atoms in total. The molecule has 3 aromatic heterocycles. The number of nitrogens with one attached hydrogen (secondary N) is 1. The van der Waals surface area contributed by atoms with Crippen LogP contribution in [0.5, 0.6) is 0 Å². The van der Waals surface area contributed by atoms with Crippen molar-refractivity contribution in [2.45, 2.75) is 13.5 Å². The SMILES string of the molecule is Cc1ccnc(N(C)Cc2nc3ccsc3c(=O)[nH]2)c1[N+](=O)[O-]. The second-order valence-corrected chi connectivity index (χ2v) is 5.98. The molecule has 0 radical (unpaired) electrons. The standard InChI is InChI=1S/C14H13N5O3S/c1-8-3-5-15-13(11(8)19(21)22)18(2)7-10-16-9-4-6-23-12(9)14(20)17-10/h3-6H,7H2,1-2H3,(H,16,17,20). The van der Waals surface area contributed by atoms with Gasteiger partial charge in [-0.15, -0.1) is 11.3 Å². The second kappa shape index (κ2) is 5.76. The Kier molecular flexibility index (Phi) is 3.78. The van der Waals surface area contributed by atoms with E-state index in [4.69, 9.17) is 0 Å². The highest BCUT2D eigenvalue weighted by Crippen LogP contribution is 2.28. The van der Waals surface area contributed by atoms with E-state index in [0.717, 1.165) is 0 Å². The number of fused-ring (bicyclic) bond motifs is 1. The summed E-state index contributed by atoms with van der Waals surface area (Å²) in [6.45, 7) is 1.87. The Morgan fingerprint density at radius 3 is 2.96 bits per heavy atom. The van der Waals surface area contributed by atoms with Crippen molar-refractivity contribution in [3.05, 3.63) is 55.6 Å². The molecule has 0 atom stereocenters. The number of aromatic nitrogens is 3. The summed E-state index contributed by atoms with van der Waals surface area (Å²) in [5.74, 6) is 0.670. The van der Waals surface area contributed by atoms with Gasteiger partial charge in [0.15, 0.2) is 0 Å². The van der Waals surface area contributed by atoms with Crippen molar-refractivity contribution in [1.29, 1.82) is 0 Å². The van der Waals surface area contributed by atoms with Crippen LogP contribution < -0.4 is 10.5 Å². The van der Waals surface area contributed by atoms with Gasteiger partial charge in [0.1, 0.15) is 10.5 Å². The van der Waals surface area contributed by atoms with E-state index in [0.29, 0.717) is 21.6 Å². The summed E-state index contributed by atoms with van der Waals surface area (Å²) in [7, 11) is 1.67. The number of nitro groups is 1. The summed E-state index contributed by atoms with van der Waals surface area (Å²) in [4.78, 5) is 35.6. The zero-order valence-electron chi connectivity index (χ0n) is 12.4. The average Bonchev–Trinajstić information content (AvgIpc) is 2.95. The summed E-state index contributed by atoms with van der Waals surface area (Å²) < 4.78 is 0.566. The summed E-state index contributed by atoms with van der Waals surface area (Å²) in [6, 6.07) is 3.36. The second-order valence-electron chi connectivity index (χ2n) is 5.06. The highest BCUT2D eigenvalue weighted by atomic mass is 32.1. The normalized spacial score (nSPS) is 10.9. The first kappa shape index (κ1) is 15.1. The quantitative estimate of drug-likeness (QED) is 0.580. The lowest BCUT2D eigenvalue weighted by atomic mass is 10.2. The smallest absolute Gasteiger partial charge is 0.314 e. The summed E-state index contributed by atoms with van der Waals surface area (Å²) in [5.41, 5.74) is 0.893. The Hall–Kier alpha value is -2.81. The molecule has 0 fully saturated rings. The number of hydrogen-bond donors (Lipinski definition) is 1. The highest BCUT2D eigenvalue weighted by Gasteiger charge is 2.22. The fourth-order valence-electron chi connectivity index (χ4n) is 2.34. The minimum atomic E-state index is -0.452. The lowest BCUT2D eigenvalue weighted by Gasteiger charge is -2.17. The minimum Gasteiger partial charge on any atom is -0.346 e. The van der Waals surface area contributed by atoms with Gasteiger partial charge in [-0.1, -0.05) is 0 Å². The van der Waals surface area contributed by atoms with E-state index in [2.05, 4.69) is 15.0 Å². The molecule has 0 aliphatic carbocycles. The predicted molar refractivity (Wildman–Crippen MR) is 88.0 cm³/mol. The van der Waals surface area contributed by atoms with Crippen LogP contribution in [0, 0.1) is 17.0 Å². The number of aromatic amines is 1. The summed E-state index contributed by atoms with van der Waals surface area (Å²) >= 11 is 1.32. The maximum absolute atomic E-state index is 12.0. The monoisotopic (exact) mass is 331 g/mol. The maximum atomic E-state index is 12.0. The van der Waals surface area contributed by atoms with Crippen LogP contribution in [0.1, 0.15) is 11.4 Å². The number of hydrogen-bond acceptors (Lipinski definition) is 7. The number of rotatable bonds is 4. The molecule has 1 N–H and O–H groups in total. The van der Waals surface area contributed by atoms with E-state index in [1.165, 1.54) is 17.5 Å². The molecule has 3 heterocycles. The molecule has 0 saturated carbocycles. The predicted octanol–water partition coefficient (Wildman–Crippen LogP) is 2.23. The van der Waals surface area contributed by atoms with Gasteiger partial charge in [-0.2, -0.15) is 0 Å². The highest BCUT2D eigenvalue weighted by molar-refractivity contribution is 7.17. The van der Waals surface area contributed by atoms with Crippen LogP contribution in [0.4, 0.5) is 11.5 Å². The van der Waals surface area contributed by atoms with E-state index in [9.17, 15) is 14.9 Å². The van der Waals surface area contributed by atoms with Crippen molar-refractivity contribution in [2.24, 2.45) is 0 Å². The Balaban J connectivity index is 1.98. The van der Waals surface area contributed by atoms with Crippen molar-refractivity contribution >= 4 is 33.1 Å². The van der Waals surface area contributed by atoms with Gasteiger partial charge in [-0.3, -0.25) is 14.9 Å². The largest absolute Gasteiger partial charge is 0.346 e. The van der Waals surface area contributed by atoms with Gasteiger partial charge in [0.2, 0.25) is 5.82 Å². The average molecular weight is 331 g/mol. The molecule has 118 valence electrons. The molecular weight excluding hydrogens is 318 g/mol. The molecule has 3 rings (SSSR count). The number of nitrogens with zero attached hydrogens (tertiary/aromatic N) is 4. The molecule has 9 heteroatoms. The molecule has 23 heavy (non-hydrogen) atoms. The number of aryl methyl sites for hydroxylation is 1. The number of thiophene rings is 1. The summed E-state index contributed by atoms with van der Waals surface area (Å²) in [5, 5.41) is 13.1. The van der Waals surface area contributed by atoms with E-state index in [1.54, 1.807) is 36.4 Å². The van der Waals surface area contributed by atoms with E-state index >= 15 is 0 Å². The zero-order chi connectivity index (χ0) is 16.6. The van der Waals surface area contributed by atoms with Crippen LogP contribution in [0.2, 0.25) is 0 Å². The molecular formula is C14H13N5O3S. The van der Waals surface area contributed by atoms with Crippen molar-refractivity contribution in [1.82, 2.24) is 15.0 Å². The van der Waals surface area contributed by atoms with Crippen LogP contribution in [-0.4, -0.2) is 26.9 Å². The van der Waals surface area contributed by atoms with Crippen LogP contribution in [0.25, 0.3) is 10.2 Å². The molecule has 0 saturated heterocycles. The summed E-state index contributed by atoms with van der Waals surface area (Å²) in [6.07, 6.45) is 1.52. The van der Waals surface area contributed by atoms with Crippen molar-refractivity contribution in [2.75, 3.05) is 11.9 Å². The number of H-pyrrole nitrogens is 1. The van der Waals surface area contributed by atoms with E-state index in [-0.39, 0.29) is 23.6 Å². The number of pyridine rings is 1. The minimum absolute atomic E-state index is 0.0473. The fourth-order valence-corrected chi connectivity index (χ4v) is 3.06. The lowest BCUT2D eigenvalue weighted by molar-refractivity contribution is -0.384. The first-order valence-electron chi connectivity index (χ1n) is 6.75. The van der Waals surface area contributed by atoms with Crippen LogP contribution >= 0.6 is 11.3 Å². The van der Waals surface area contributed by atoms with E-state index in [1.807, 2.05) is 0 Å². The Morgan fingerprint density at radius 1 is 1.43 bits per heavy atom. The molecule has 0 amide bonds. The molecule has 0 aliphatic rings. The Bertz CT molecular complexity index is 949. The first-order chi connectivity index (χ1) is 11.0. The van der Waals surface area contributed by atoms with Crippen molar-refractivity contribution in [3.8, 4) is 0 Å². The third-order valence-electron chi connectivity index (χ3n) is 3.40. The topological polar surface area (TPSA) is 105 Å². The van der Waals surface area contributed by atoms with Crippen LogP contribution in [-0.2, 0) is 6.54 Å². The van der Waals surface area contributed by atoms with Gasteiger partial charge < -0.3 is 9.88 Å². The third kappa shape index (κ3) is 2.78.